The van der Waals surface area contributed by atoms with Gasteiger partial charge in [0.15, 0.2) is 11.8 Å². The van der Waals surface area contributed by atoms with Gasteiger partial charge in [-0.2, -0.15) is 13.2 Å². The van der Waals surface area contributed by atoms with Gasteiger partial charge in [0, 0.05) is 11.7 Å². The van der Waals surface area contributed by atoms with Crippen LogP contribution >= 0.6 is 0 Å². The number of hydrogen-bond acceptors (Lipinski definition) is 4. The van der Waals surface area contributed by atoms with E-state index in [0.29, 0.717) is 0 Å². The predicted molar refractivity (Wildman–Crippen MR) is 109 cm³/mol. The number of nitrogens with zero attached hydrogens (tertiary/aromatic N) is 1. The fraction of sp³-hybridized carbons (Fsp3) is 0.304. The number of halogens is 3. The van der Waals surface area contributed by atoms with Gasteiger partial charge in [0.1, 0.15) is 5.76 Å². The van der Waals surface area contributed by atoms with E-state index in [1.54, 1.807) is 6.07 Å². The van der Waals surface area contributed by atoms with Crippen LogP contribution in [-0.4, -0.2) is 17.9 Å². The zero-order valence-electron chi connectivity index (χ0n) is 17.0. The SMILES string of the molecule is O=C(NC1CCCC1)[C@H](c1ccco1)N(C(=O)c1ccco1)c1cccc(C(F)(F)F)c1. The molecule has 9 heteroatoms. The lowest BCUT2D eigenvalue weighted by Gasteiger charge is -2.30. The highest BCUT2D eigenvalue weighted by Crippen LogP contribution is 2.36. The second kappa shape index (κ2) is 8.94. The van der Waals surface area contributed by atoms with Crippen molar-refractivity contribution in [3.63, 3.8) is 0 Å². The molecule has 1 saturated carbocycles. The Bertz CT molecular complexity index is 1060. The summed E-state index contributed by atoms with van der Waals surface area (Å²) in [5.74, 6) is -1.30. The molecule has 0 aliphatic heterocycles. The number of carbonyl (C=O) groups excluding carboxylic acids is 2. The van der Waals surface area contributed by atoms with Gasteiger partial charge in [0.2, 0.25) is 0 Å². The maximum atomic E-state index is 13.4. The Balaban J connectivity index is 1.80. The van der Waals surface area contributed by atoms with E-state index in [1.807, 2.05) is 0 Å². The van der Waals surface area contributed by atoms with Crippen LogP contribution in [0.25, 0.3) is 0 Å². The predicted octanol–water partition coefficient (Wildman–Crippen LogP) is 5.34. The summed E-state index contributed by atoms with van der Waals surface area (Å²) < 4.78 is 50.8. The number of anilines is 1. The smallest absolute Gasteiger partial charge is 0.416 e. The minimum atomic E-state index is -4.62. The summed E-state index contributed by atoms with van der Waals surface area (Å²) in [4.78, 5) is 27.7. The molecule has 32 heavy (non-hydrogen) atoms. The van der Waals surface area contributed by atoms with E-state index in [0.717, 1.165) is 42.7 Å². The summed E-state index contributed by atoms with van der Waals surface area (Å²) >= 11 is 0. The Morgan fingerprint density at radius 1 is 1.00 bits per heavy atom. The van der Waals surface area contributed by atoms with E-state index in [4.69, 9.17) is 8.83 Å². The van der Waals surface area contributed by atoms with Crippen molar-refractivity contribution in [2.24, 2.45) is 0 Å². The first-order valence-electron chi connectivity index (χ1n) is 10.2. The van der Waals surface area contributed by atoms with Gasteiger partial charge in [-0.15, -0.1) is 0 Å². The van der Waals surface area contributed by atoms with Crippen molar-refractivity contribution < 1.29 is 31.6 Å². The molecule has 6 nitrogen and oxygen atoms in total. The first-order valence-corrected chi connectivity index (χ1v) is 10.2. The number of benzene rings is 1. The quantitative estimate of drug-likeness (QED) is 0.555. The molecular weight excluding hydrogens is 425 g/mol. The third kappa shape index (κ3) is 4.56. The molecule has 1 aromatic carbocycles. The summed E-state index contributed by atoms with van der Waals surface area (Å²) in [5.41, 5.74) is -1.05. The van der Waals surface area contributed by atoms with E-state index in [1.165, 1.54) is 42.9 Å². The van der Waals surface area contributed by atoms with E-state index < -0.39 is 29.6 Å². The van der Waals surface area contributed by atoms with Crippen molar-refractivity contribution in [3.8, 4) is 0 Å². The Morgan fingerprint density at radius 3 is 2.34 bits per heavy atom. The highest BCUT2D eigenvalue weighted by molar-refractivity contribution is 6.08. The number of amides is 2. The fourth-order valence-corrected chi connectivity index (χ4v) is 3.91. The zero-order valence-corrected chi connectivity index (χ0v) is 17.0. The van der Waals surface area contributed by atoms with Crippen LogP contribution in [0.3, 0.4) is 0 Å². The third-order valence-corrected chi connectivity index (χ3v) is 5.42. The Labute approximate surface area is 182 Å². The van der Waals surface area contributed by atoms with Gasteiger partial charge in [-0.25, -0.2) is 0 Å². The lowest BCUT2D eigenvalue weighted by Crippen LogP contribution is -2.46. The molecule has 0 radical (unpaired) electrons. The van der Waals surface area contributed by atoms with Crippen LogP contribution in [0.4, 0.5) is 18.9 Å². The number of nitrogens with one attached hydrogen (secondary N) is 1. The Morgan fingerprint density at radius 2 is 1.72 bits per heavy atom. The standard InChI is InChI=1S/C23H21F3N2O4/c24-23(25,26)15-6-3-9-17(14-15)28(22(30)19-11-5-13-32-19)20(18-10-4-12-31-18)21(29)27-16-7-1-2-8-16/h3-6,9-14,16,20H,1-2,7-8H2,(H,27,29)/t20-/m0/s1. The van der Waals surface area contributed by atoms with Crippen molar-refractivity contribution in [1.29, 1.82) is 0 Å². The first-order chi connectivity index (χ1) is 15.3. The second-order valence-electron chi connectivity index (χ2n) is 7.61. The molecule has 0 unspecified atom stereocenters. The van der Waals surface area contributed by atoms with Crippen LogP contribution in [0.2, 0.25) is 0 Å². The molecule has 1 fully saturated rings. The largest absolute Gasteiger partial charge is 0.467 e. The van der Waals surface area contributed by atoms with Gasteiger partial charge in [0.05, 0.1) is 18.1 Å². The summed E-state index contributed by atoms with van der Waals surface area (Å²) in [6.07, 6.45) is 1.53. The van der Waals surface area contributed by atoms with Crippen molar-refractivity contribution in [3.05, 3.63) is 78.1 Å². The lowest BCUT2D eigenvalue weighted by atomic mass is 10.1. The molecule has 2 heterocycles. The Hall–Kier alpha value is -3.49. The molecule has 168 valence electrons. The van der Waals surface area contributed by atoms with Gasteiger partial charge in [-0.3, -0.25) is 14.5 Å². The van der Waals surface area contributed by atoms with Crippen LogP contribution in [-0.2, 0) is 11.0 Å². The Kier molecular flexibility index (Phi) is 6.07. The highest BCUT2D eigenvalue weighted by Gasteiger charge is 2.39. The molecule has 3 aromatic rings. The van der Waals surface area contributed by atoms with Gasteiger partial charge < -0.3 is 14.2 Å². The van der Waals surface area contributed by atoms with E-state index in [-0.39, 0.29) is 23.2 Å². The van der Waals surface area contributed by atoms with Crippen molar-refractivity contribution >= 4 is 17.5 Å². The van der Waals surface area contributed by atoms with Crippen molar-refractivity contribution in [2.45, 2.75) is 43.9 Å². The van der Waals surface area contributed by atoms with Gasteiger partial charge in [0.25, 0.3) is 11.8 Å². The summed E-state index contributed by atoms with van der Waals surface area (Å²) in [5, 5.41) is 2.92. The first kappa shape index (κ1) is 21.7. The molecule has 4 rings (SSSR count). The number of carbonyl (C=O) groups is 2. The van der Waals surface area contributed by atoms with Crippen LogP contribution in [0, 0.1) is 0 Å². The van der Waals surface area contributed by atoms with Gasteiger partial charge in [-0.1, -0.05) is 18.9 Å². The molecule has 1 atom stereocenters. The van der Waals surface area contributed by atoms with E-state index in [9.17, 15) is 22.8 Å². The minimum Gasteiger partial charge on any atom is -0.467 e. The molecular formula is C23H21F3N2O4. The zero-order chi connectivity index (χ0) is 22.7. The van der Waals surface area contributed by atoms with Gasteiger partial charge >= 0.3 is 6.18 Å². The second-order valence-corrected chi connectivity index (χ2v) is 7.61. The third-order valence-electron chi connectivity index (χ3n) is 5.42. The van der Waals surface area contributed by atoms with Crippen LogP contribution in [0.15, 0.2) is 69.9 Å². The number of alkyl halides is 3. The maximum Gasteiger partial charge on any atom is 0.416 e. The molecule has 2 aromatic heterocycles. The molecule has 2 amide bonds. The van der Waals surface area contributed by atoms with Crippen LogP contribution in [0.1, 0.15) is 53.6 Å². The molecule has 1 aliphatic carbocycles. The number of furan rings is 2. The van der Waals surface area contributed by atoms with Crippen LogP contribution < -0.4 is 10.2 Å². The summed E-state index contributed by atoms with van der Waals surface area (Å²) in [7, 11) is 0. The summed E-state index contributed by atoms with van der Waals surface area (Å²) in [6.45, 7) is 0. The molecule has 0 spiro atoms. The fourth-order valence-electron chi connectivity index (χ4n) is 3.91. The number of rotatable bonds is 6. The molecule has 1 aliphatic rings. The molecule has 1 N–H and O–H groups in total. The van der Waals surface area contributed by atoms with Crippen LogP contribution in [0.5, 0.6) is 0 Å². The summed E-state index contributed by atoms with van der Waals surface area (Å²) in [6, 6.07) is 8.80. The maximum absolute atomic E-state index is 13.4. The molecule has 0 saturated heterocycles. The lowest BCUT2D eigenvalue weighted by molar-refractivity contribution is -0.137. The average molecular weight is 446 g/mol. The van der Waals surface area contributed by atoms with Crippen molar-refractivity contribution in [2.75, 3.05) is 4.90 Å². The van der Waals surface area contributed by atoms with E-state index >= 15 is 0 Å². The van der Waals surface area contributed by atoms with Gasteiger partial charge in [-0.05, 0) is 55.3 Å². The average Bonchev–Trinajstić information content (AvgIpc) is 3.54. The highest BCUT2D eigenvalue weighted by atomic mass is 19.4. The molecule has 0 bridgehead atoms. The minimum absolute atomic E-state index is 0.0676. The normalized spacial score (nSPS) is 15.5. The van der Waals surface area contributed by atoms with Crippen molar-refractivity contribution in [1.82, 2.24) is 5.32 Å². The topological polar surface area (TPSA) is 75.7 Å². The monoisotopic (exact) mass is 446 g/mol. The van der Waals surface area contributed by atoms with E-state index in [2.05, 4.69) is 5.32 Å². The number of hydrogen-bond donors (Lipinski definition) is 1.